The number of rotatable bonds is 4. The highest BCUT2D eigenvalue weighted by molar-refractivity contribution is 7.91. The Labute approximate surface area is 158 Å². The molecular weight excluding hydrogens is 348 g/mol. The van der Waals surface area contributed by atoms with Crippen molar-refractivity contribution in [2.45, 2.75) is 45.1 Å². The van der Waals surface area contributed by atoms with Crippen molar-refractivity contribution in [1.29, 1.82) is 0 Å². The summed E-state index contributed by atoms with van der Waals surface area (Å²) >= 11 is 0. The summed E-state index contributed by atoms with van der Waals surface area (Å²) in [6, 6.07) is 0.833. The van der Waals surface area contributed by atoms with Crippen LogP contribution in [0.5, 0.6) is 0 Å². The van der Waals surface area contributed by atoms with Crippen LogP contribution in [0.4, 0.5) is 0 Å². The first-order valence-corrected chi connectivity index (χ1v) is 12.3. The van der Waals surface area contributed by atoms with Gasteiger partial charge in [-0.05, 0) is 50.4 Å². The van der Waals surface area contributed by atoms with Gasteiger partial charge in [-0.25, -0.2) is 8.42 Å². The largest absolute Gasteiger partial charge is 0.357 e. The van der Waals surface area contributed by atoms with E-state index in [0.717, 1.165) is 63.0 Å². The van der Waals surface area contributed by atoms with E-state index in [2.05, 4.69) is 22.0 Å². The van der Waals surface area contributed by atoms with Gasteiger partial charge in [-0.1, -0.05) is 6.42 Å². The summed E-state index contributed by atoms with van der Waals surface area (Å²) in [6.45, 7) is 7.92. The third-order valence-corrected chi connectivity index (χ3v) is 8.78. The van der Waals surface area contributed by atoms with E-state index in [1.54, 1.807) is 0 Å². The molecule has 2 aliphatic heterocycles. The summed E-state index contributed by atoms with van der Waals surface area (Å²) in [5.74, 6) is 3.79. The Hall–Kier alpha value is -0.820. The first kappa shape index (κ1) is 18.5. The molecule has 0 spiro atoms. The van der Waals surface area contributed by atoms with E-state index in [4.69, 9.17) is 4.99 Å². The molecule has 4 rings (SSSR count). The number of hydrogen-bond donors (Lipinski definition) is 1. The van der Waals surface area contributed by atoms with Gasteiger partial charge in [0, 0.05) is 45.3 Å². The van der Waals surface area contributed by atoms with Crippen molar-refractivity contribution in [1.82, 2.24) is 15.1 Å². The molecule has 6 nitrogen and oxygen atoms in total. The summed E-state index contributed by atoms with van der Waals surface area (Å²) in [6.07, 6.45) is 6.58. The van der Waals surface area contributed by atoms with Crippen LogP contribution in [0.3, 0.4) is 0 Å². The Kier molecular flexibility index (Phi) is 5.46. The Bertz CT molecular complexity index is 627. The van der Waals surface area contributed by atoms with Gasteiger partial charge in [-0.3, -0.25) is 9.89 Å². The van der Waals surface area contributed by atoms with Gasteiger partial charge in [0.05, 0.1) is 11.5 Å². The van der Waals surface area contributed by atoms with E-state index in [-0.39, 0.29) is 5.92 Å². The van der Waals surface area contributed by atoms with Gasteiger partial charge >= 0.3 is 0 Å². The van der Waals surface area contributed by atoms with Crippen molar-refractivity contribution in [3.8, 4) is 0 Å². The molecule has 0 amide bonds. The average Bonchev–Trinajstić information content (AvgIpc) is 3.34. The summed E-state index contributed by atoms with van der Waals surface area (Å²) < 4.78 is 23.3. The third-order valence-electron chi connectivity index (χ3n) is 6.94. The first-order chi connectivity index (χ1) is 12.5. The lowest BCUT2D eigenvalue weighted by atomic mass is 9.93. The number of guanidine groups is 1. The average molecular weight is 383 g/mol. The number of fused-ring (bicyclic) bond motifs is 2. The predicted molar refractivity (Wildman–Crippen MR) is 105 cm³/mol. The number of nitrogens with one attached hydrogen (secondary N) is 1. The highest BCUT2D eigenvalue weighted by Gasteiger charge is 2.42. The molecule has 148 valence electrons. The standard InChI is InChI=1S/C19H34N4O2S/c1-2-20-19(21-13-16-5-10-26(24,25)14-16)23-8-6-22(7-9-23)18-12-15-3-4-17(18)11-15/h15-18H,2-14H2,1H3,(H,20,21). The second kappa shape index (κ2) is 7.66. The molecule has 7 heteroatoms. The molecule has 2 bridgehead atoms. The Morgan fingerprint density at radius 3 is 2.50 bits per heavy atom. The van der Waals surface area contributed by atoms with Crippen LogP contribution in [-0.2, 0) is 9.84 Å². The van der Waals surface area contributed by atoms with Gasteiger partial charge in [0.15, 0.2) is 15.8 Å². The molecular formula is C19H34N4O2S. The molecule has 0 radical (unpaired) electrons. The van der Waals surface area contributed by atoms with E-state index in [1.165, 1.54) is 25.7 Å². The number of piperazine rings is 1. The molecule has 0 aromatic rings. The van der Waals surface area contributed by atoms with Crippen LogP contribution in [0.15, 0.2) is 4.99 Å². The monoisotopic (exact) mass is 382 g/mol. The maximum atomic E-state index is 11.6. The summed E-state index contributed by atoms with van der Waals surface area (Å²) in [4.78, 5) is 9.90. The Morgan fingerprint density at radius 1 is 1.12 bits per heavy atom. The van der Waals surface area contributed by atoms with Crippen LogP contribution in [0, 0.1) is 17.8 Å². The molecule has 0 aromatic carbocycles. The van der Waals surface area contributed by atoms with Crippen molar-refractivity contribution in [3.05, 3.63) is 0 Å². The van der Waals surface area contributed by atoms with Gasteiger partial charge in [0.25, 0.3) is 0 Å². The highest BCUT2D eigenvalue weighted by Crippen LogP contribution is 2.46. The number of nitrogens with zero attached hydrogens (tertiary/aromatic N) is 3. The minimum absolute atomic E-state index is 0.198. The van der Waals surface area contributed by atoms with Crippen LogP contribution in [0.2, 0.25) is 0 Å². The fourth-order valence-electron chi connectivity index (χ4n) is 5.58. The molecule has 2 saturated heterocycles. The fourth-order valence-corrected chi connectivity index (χ4v) is 7.43. The van der Waals surface area contributed by atoms with Crippen LogP contribution >= 0.6 is 0 Å². The molecule has 4 unspecified atom stereocenters. The molecule has 4 fully saturated rings. The first-order valence-electron chi connectivity index (χ1n) is 10.5. The summed E-state index contributed by atoms with van der Waals surface area (Å²) in [5, 5.41) is 3.42. The normalized spacial score (nSPS) is 37.4. The zero-order valence-corrected chi connectivity index (χ0v) is 16.9. The molecule has 4 aliphatic rings. The predicted octanol–water partition coefficient (Wildman–Crippen LogP) is 1.19. The highest BCUT2D eigenvalue weighted by atomic mass is 32.2. The van der Waals surface area contributed by atoms with Crippen molar-refractivity contribution in [2.75, 3.05) is 50.8 Å². The van der Waals surface area contributed by atoms with E-state index in [9.17, 15) is 8.42 Å². The van der Waals surface area contributed by atoms with Crippen molar-refractivity contribution < 1.29 is 8.42 Å². The van der Waals surface area contributed by atoms with E-state index in [0.29, 0.717) is 18.1 Å². The minimum atomic E-state index is -2.81. The zero-order chi connectivity index (χ0) is 18.1. The van der Waals surface area contributed by atoms with Gasteiger partial charge in [0.2, 0.25) is 0 Å². The lowest BCUT2D eigenvalue weighted by Gasteiger charge is -2.42. The van der Waals surface area contributed by atoms with Gasteiger partial charge in [-0.15, -0.1) is 0 Å². The molecule has 0 aromatic heterocycles. The number of sulfone groups is 1. The lowest BCUT2D eigenvalue weighted by molar-refractivity contribution is 0.0958. The number of aliphatic imine (C=N–C) groups is 1. The quantitative estimate of drug-likeness (QED) is 0.585. The topological polar surface area (TPSA) is 65.0 Å². The second-order valence-corrected chi connectivity index (χ2v) is 11.0. The second-order valence-electron chi connectivity index (χ2n) is 8.73. The molecule has 2 saturated carbocycles. The smallest absolute Gasteiger partial charge is 0.194 e. The molecule has 4 atom stereocenters. The Balaban J connectivity index is 1.31. The van der Waals surface area contributed by atoms with Crippen molar-refractivity contribution in [3.63, 3.8) is 0 Å². The van der Waals surface area contributed by atoms with Crippen LogP contribution in [0.25, 0.3) is 0 Å². The van der Waals surface area contributed by atoms with Crippen LogP contribution < -0.4 is 5.32 Å². The molecule has 2 aliphatic carbocycles. The molecule has 1 N–H and O–H groups in total. The van der Waals surface area contributed by atoms with Crippen molar-refractivity contribution in [2.24, 2.45) is 22.7 Å². The van der Waals surface area contributed by atoms with Gasteiger partial charge in [-0.2, -0.15) is 0 Å². The van der Waals surface area contributed by atoms with E-state index >= 15 is 0 Å². The van der Waals surface area contributed by atoms with Gasteiger partial charge < -0.3 is 10.2 Å². The number of hydrogen-bond acceptors (Lipinski definition) is 4. The maximum Gasteiger partial charge on any atom is 0.194 e. The Morgan fingerprint density at radius 2 is 1.92 bits per heavy atom. The zero-order valence-electron chi connectivity index (χ0n) is 16.1. The molecule has 26 heavy (non-hydrogen) atoms. The summed E-state index contributed by atoms with van der Waals surface area (Å²) in [5.41, 5.74) is 0. The third kappa shape index (κ3) is 4.03. The lowest BCUT2D eigenvalue weighted by Crippen LogP contribution is -2.55. The van der Waals surface area contributed by atoms with Crippen LogP contribution in [0.1, 0.15) is 39.0 Å². The van der Waals surface area contributed by atoms with Crippen molar-refractivity contribution >= 4 is 15.8 Å². The molecule has 2 heterocycles. The van der Waals surface area contributed by atoms with E-state index < -0.39 is 9.84 Å². The summed E-state index contributed by atoms with van der Waals surface area (Å²) in [7, 11) is -2.81. The van der Waals surface area contributed by atoms with Crippen LogP contribution in [-0.4, -0.2) is 81.0 Å². The van der Waals surface area contributed by atoms with E-state index in [1.807, 2.05) is 0 Å². The maximum absolute atomic E-state index is 11.6. The fraction of sp³-hybridized carbons (Fsp3) is 0.947. The van der Waals surface area contributed by atoms with Gasteiger partial charge in [0.1, 0.15) is 0 Å². The minimum Gasteiger partial charge on any atom is -0.357 e. The SMILES string of the molecule is CCNC(=NCC1CCS(=O)(=O)C1)N1CCN(C2CC3CCC2C3)CC1.